The summed E-state index contributed by atoms with van der Waals surface area (Å²) in [6, 6.07) is 2.87. The molecule has 0 radical (unpaired) electrons. The highest BCUT2D eigenvalue weighted by atomic mass is 19.3. The number of ether oxygens (including phenoxy) is 3. The summed E-state index contributed by atoms with van der Waals surface area (Å²) in [5.74, 6) is -0.632. The van der Waals surface area contributed by atoms with E-state index in [9.17, 15) is 23.5 Å². The second kappa shape index (κ2) is 12.3. The number of amides is 1. The average molecular weight is 588 g/mol. The minimum Gasteiger partial charge on any atom is -0.494 e. The van der Waals surface area contributed by atoms with Crippen molar-refractivity contribution >= 4 is 34.9 Å². The molecule has 42 heavy (non-hydrogen) atoms. The summed E-state index contributed by atoms with van der Waals surface area (Å²) in [6.07, 6.45) is -1.16. The second-order valence-electron chi connectivity index (χ2n) is 9.08. The third-order valence-electron chi connectivity index (χ3n) is 6.29. The van der Waals surface area contributed by atoms with Gasteiger partial charge in [0.25, 0.3) is 6.43 Å². The van der Waals surface area contributed by atoms with Crippen molar-refractivity contribution < 1.29 is 37.7 Å². The van der Waals surface area contributed by atoms with Gasteiger partial charge in [0.2, 0.25) is 11.9 Å². The molecule has 17 heteroatoms. The summed E-state index contributed by atoms with van der Waals surface area (Å²) in [7, 11) is 1.34. The smallest absolute Gasteiger partial charge is 0.432 e. The molecule has 1 saturated heterocycles. The number of methoxy groups -OCH3 is 1. The highest BCUT2D eigenvalue weighted by Gasteiger charge is 2.27. The Labute approximate surface area is 237 Å². The van der Waals surface area contributed by atoms with E-state index < -0.39 is 24.4 Å². The predicted octanol–water partition coefficient (Wildman–Crippen LogP) is 3.73. The van der Waals surface area contributed by atoms with Gasteiger partial charge in [-0.1, -0.05) is 13.3 Å². The Balaban J connectivity index is 1.68. The van der Waals surface area contributed by atoms with Crippen molar-refractivity contribution in [3.8, 4) is 23.1 Å². The van der Waals surface area contributed by atoms with E-state index >= 15 is 0 Å². The van der Waals surface area contributed by atoms with Crippen LogP contribution in [0.1, 0.15) is 32.0 Å². The fourth-order valence-corrected chi connectivity index (χ4v) is 4.24. The molecule has 0 atom stereocenters. The van der Waals surface area contributed by atoms with Crippen molar-refractivity contribution in [3.63, 3.8) is 0 Å². The van der Waals surface area contributed by atoms with Gasteiger partial charge in [0.05, 0.1) is 44.2 Å². The first-order chi connectivity index (χ1) is 20.3. The predicted molar refractivity (Wildman–Crippen MR) is 144 cm³/mol. The van der Waals surface area contributed by atoms with Crippen LogP contribution in [0.4, 0.5) is 30.0 Å². The molecule has 4 aromatic rings. The fourth-order valence-electron chi connectivity index (χ4n) is 4.24. The first-order valence-corrected chi connectivity index (χ1v) is 13.0. The SMILES string of the molecule is CCCCOC(=O)Nc1cc(OC)c2nc(C(F)F)n(-c3nc(-c4cnn(C(=O)O)c4)nc(N4CCOCC4)n3)c2c1. The van der Waals surface area contributed by atoms with Crippen LogP contribution in [0.2, 0.25) is 0 Å². The van der Waals surface area contributed by atoms with Crippen molar-refractivity contribution in [2.75, 3.05) is 50.2 Å². The third-order valence-corrected chi connectivity index (χ3v) is 6.29. The molecule has 222 valence electrons. The van der Waals surface area contributed by atoms with Gasteiger partial charge in [-0.15, -0.1) is 0 Å². The number of anilines is 2. The summed E-state index contributed by atoms with van der Waals surface area (Å²) in [5, 5.41) is 15.7. The largest absolute Gasteiger partial charge is 0.494 e. The van der Waals surface area contributed by atoms with Crippen LogP contribution in [0.5, 0.6) is 5.75 Å². The monoisotopic (exact) mass is 587 g/mol. The molecule has 0 aliphatic carbocycles. The van der Waals surface area contributed by atoms with E-state index in [1.165, 1.54) is 31.6 Å². The first kappa shape index (κ1) is 28.6. The summed E-state index contributed by atoms with van der Waals surface area (Å²) in [5.41, 5.74) is 0.604. The van der Waals surface area contributed by atoms with Gasteiger partial charge in [-0.05, 0) is 12.5 Å². The topological polar surface area (TPSA) is 172 Å². The lowest BCUT2D eigenvalue weighted by Gasteiger charge is -2.27. The van der Waals surface area contributed by atoms with Crippen LogP contribution >= 0.6 is 0 Å². The number of hydrogen-bond donors (Lipinski definition) is 2. The van der Waals surface area contributed by atoms with Gasteiger partial charge < -0.3 is 24.2 Å². The average Bonchev–Trinajstić information content (AvgIpc) is 3.63. The molecule has 1 fully saturated rings. The van der Waals surface area contributed by atoms with E-state index in [-0.39, 0.29) is 52.4 Å². The number of benzene rings is 1. The summed E-state index contributed by atoms with van der Waals surface area (Å²) < 4.78 is 46.6. The number of hydrogen-bond acceptors (Lipinski definition) is 11. The lowest BCUT2D eigenvalue weighted by atomic mass is 10.2. The van der Waals surface area contributed by atoms with Crippen LogP contribution in [0.15, 0.2) is 24.5 Å². The lowest BCUT2D eigenvalue weighted by Crippen LogP contribution is -2.37. The molecule has 2 N–H and O–H groups in total. The summed E-state index contributed by atoms with van der Waals surface area (Å²) >= 11 is 0. The number of imidazole rings is 1. The normalized spacial score (nSPS) is 13.5. The highest BCUT2D eigenvalue weighted by Crippen LogP contribution is 2.35. The van der Waals surface area contributed by atoms with E-state index in [4.69, 9.17) is 14.2 Å². The number of unbranched alkanes of at least 4 members (excludes halogenated alkanes) is 1. The zero-order valence-electron chi connectivity index (χ0n) is 22.7. The molecule has 0 unspecified atom stereocenters. The van der Waals surface area contributed by atoms with E-state index in [0.29, 0.717) is 37.4 Å². The molecule has 1 amide bonds. The maximum absolute atomic E-state index is 14.5. The molecule has 15 nitrogen and oxygen atoms in total. The Morgan fingerprint density at radius 1 is 1.14 bits per heavy atom. The van der Waals surface area contributed by atoms with Gasteiger partial charge in [-0.2, -0.15) is 24.7 Å². The second-order valence-corrected chi connectivity index (χ2v) is 9.08. The summed E-state index contributed by atoms with van der Waals surface area (Å²) in [4.78, 5) is 43.1. The zero-order valence-corrected chi connectivity index (χ0v) is 22.7. The number of halogens is 2. The maximum Gasteiger partial charge on any atom is 0.432 e. The number of carboxylic acid groups (broad SMARTS) is 1. The fraction of sp³-hybridized carbons (Fsp3) is 0.400. The van der Waals surface area contributed by atoms with Crippen molar-refractivity contribution in [2.45, 2.75) is 26.2 Å². The number of aromatic nitrogens is 7. The van der Waals surface area contributed by atoms with Gasteiger partial charge in [0, 0.05) is 31.0 Å². The molecule has 1 aliphatic heterocycles. The molecular weight excluding hydrogens is 560 g/mol. The van der Waals surface area contributed by atoms with Crippen LogP contribution in [0.3, 0.4) is 0 Å². The molecule has 1 aromatic carbocycles. The number of carbonyl (C=O) groups is 2. The summed E-state index contributed by atoms with van der Waals surface area (Å²) in [6.45, 7) is 3.80. The number of carbonyl (C=O) groups excluding carboxylic acids is 1. The highest BCUT2D eigenvalue weighted by molar-refractivity contribution is 5.92. The Morgan fingerprint density at radius 3 is 2.57 bits per heavy atom. The standard InChI is InChI=1S/C25H27F2N9O6/c1-3-4-7-42-24(37)29-15-10-16-18(17(11-15)40-2)30-21(19(26)27)36(16)23-32-20(14-12-28-35(13-14)25(38)39)31-22(33-23)34-5-8-41-9-6-34/h10-13,19H,3-9H2,1-2H3,(H,29,37)(H,38,39). The van der Waals surface area contributed by atoms with E-state index in [1.54, 1.807) is 4.90 Å². The van der Waals surface area contributed by atoms with Gasteiger partial charge in [-0.25, -0.2) is 23.4 Å². The van der Waals surface area contributed by atoms with Gasteiger partial charge in [-0.3, -0.25) is 9.88 Å². The van der Waals surface area contributed by atoms with E-state index in [1.807, 2.05) is 6.92 Å². The van der Waals surface area contributed by atoms with Crippen molar-refractivity contribution in [1.82, 2.24) is 34.3 Å². The molecule has 5 rings (SSSR count). The van der Waals surface area contributed by atoms with E-state index in [2.05, 4.69) is 30.4 Å². The number of nitrogens with zero attached hydrogens (tertiary/aromatic N) is 8. The Bertz CT molecular complexity index is 1600. The Kier molecular flexibility index (Phi) is 8.37. The molecule has 3 aromatic heterocycles. The van der Waals surface area contributed by atoms with Crippen LogP contribution in [-0.2, 0) is 9.47 Å². The van der Waals surface area contributed by atoms with Gasteiger partial charge >= 0.3 is 12.2 Å². The molecular formula is C25H27F2N9O6. The van der Waals surface area contributed by atoms with Crippen LogP contribution in [0, 0.1) is 0 Å². The van der Waals surface area contributed by atoms with Gasteiger partial charge in [0.15, 0.2) is 11.6 Å². The minimum atomic E-state index is -3.06. The van der Waals surface area contributed by atoms with Crippen molar-refractivity contribution in [1.29, 1.82) is 0 Å². The minimum absolute atomic E-state index is 0.00296. The molecule has 4 heterocycles. The van der Waals surface area contributed by atoms with Crippen LogP contribution in [0.25, 0.3) is 28.4 Å². The molecule has 0 spiro atoms. The quantitative estimate of drug-likeness (QED) is 0.272. The van der Waals surface area contributed by atoms with Crippen molar-refractivity contribution in [2.24, 2.45) is 0 Å². The molecule has 1 aliphatic rings. The van der Waals surface area contributed by atoms with Crippen LogP contribution < -0.4 is 15.0 Å². The molecule has 0 saturated carbocycles. The Hall–Kier alpha value is -4.93. The zero-order chi connectivity index (χ0) is 29.8. The number of fused-ring (bicyclic) bond motifs is 1. The lowest BCUT2D eigenvalue weighted by molar-refractivity contribution is 0.122. The Morgan fingerprint density at radius 2 is 1.90 bits per heavy atom. The third kappa shape index (κ3) is 5.90. The molecule has 0 bridgehead atoms. The van der Waals surface area contributed by atoms with Crippen LogP contribution in [-0.4, -0.2) is 91.6 Å². The number of alkyl halides is 2. The van der Waals surface area contributed by atoms with Gasteiger partial charge in [0.1, 0.15) is 11.3 Å². The number of morpholine rings is 1. The number of nitrogens with one attached hydrogen (secondary N) is 1. The van der Waals surface area contributed by atoms with Crippen molar-refractivity contribution in [3.05, 3.63) is 30.4 Å². The number of rotatable bonds is 9. The van der Waals surface area contributed by atoms with E-state index in [0.717, 1.165) is 11.0 Å². The first-order valence-electron chi connectivity index (χ1n) is 13.0. The maximum atomic E-state index is 14.5.